The number of piperidine rings is 1. The number of nitrogens with zero attached hydrogens (tertiary/aromatic N) is 2. The van der Waals surface area contributed by atoms with E-state index in [0.717, 1.165) is 6.54 Å². The molecular weight excluding hydrogens is 164 g/mol. The molecule has 0 saturated carbocycles. The monoisotopic (exact) mass is 186 g/mol. The fraction of sp³-hybridized carbons (Fsp3) is 1.00. The molecule has 4 heteroatoms. The van der Waals surface area contributed by atoms with Gasteiger partial charge in [-0.15, -0.1) is 0 Å². The van der Waals surface area contributed by atoms with E-state index in [0.29, 0.717) is 6.54 Å². The Morgan fingerprint density at radius 2 is 2.23 bits per heavy atom. The van der Waals surface area contributed by atoms with Crippen LogP contribution < -0.4 is 11.2 Å². The highest BCUT2D eigenvalue weighted by molar-refractivity contribution is 4.93. The Balaban J connectivity index is 2.56. The first kappa shape index (κ1) is 10.9. The van der Waals surface area contributed by atoms with Crippen molar-refractivity contribution in [2.45, 2.75) is 18.4 Å². The molecule has 1 rings (SSSR count). The van der Waals surface area contributed by atoms with Gasteiger partial charge < -0.3 is 10.6 Å². The van der Waals surface area contributed by atoms with Crippen molar-refractivity contribution in [2.75, 3.05) is 40.8 Å². The lowest BCUT2D eigenvalue weighted by Gasteiger charge is -2.43. The lowest BCUT2D eigenvalue weighted by Crippen LogP contribution is -2.63. The van der Waals surface area contributed by atoms with Crippen LogP contribution in [-0.4, -0.2) is 56.2 Å². The van der Waals surface area contributed by atoms with E-state index in [-0.39, 0.29) is 5.54 Å². The predicted octanol–water partition coefficient (Wildman–Crippen LogP) is -0.524. The van der Waals surface area contributed by atoms with Crippen LogP contribution in [0.15, 0.2) is 0 Å². The highest BCUT2D eigenvalue weighted by Crippen LogP contribution is 2.19. The molecule has 4 nitrogen and oxygen atoms in total. The minimum absolute atomic E-state index is 0.0938. The smallest absolute Gasteiger partial charge is 0.0574 e. The molecular formula is C9H22N4. The molecule has 78 valence electrons. The van der Waals surface area contributed by atoms with Gasteiger partial charge in [-0.2, -0.15) is 0 Å². The Morgan fingerprint density at radius 1 is 1.54 bits per heavy atom. The number of rotatable bonds is 3. The molecule has 0 aromatic rings. The third-order valence-electron chi connectivity index (χ3n) is 2.62. The van der Waals surface area contributed by atoms with E-state index in [1.165, 1.54) is 19.4 Å². The minimum Gasteiger partial charge on any atom is -0.329 e. The third kappa shape index (κ3) is 2.91. The van der Waals surface area contributed by atoms with E-state index >= 15 is 0 Å². The fourth-order valence-corrected chi connectivity index (χ4v) is 2.14. The maximum atomic E-state index is 5.83. The number of likely N-dealkylation sites (tertiary alicyclic amines) is 1. The van der Waals surface area contributed by atoms with Crippen molar-refractivity contribution in [2.24, 2.45) is 5.73 Å². The second kappa shape index (κ2) is 4.37. The van der Waals surface area contributed by atoms with E-state index in [1.807, 2.05) is 19.1 Å². The van der Waals surface area contributed by atoms with Crippen LogP contribution in [0.1, 0.15) is 12.8 Å². The summed E-state index contributed by atoms with van der Waals surface area (Å²) in [5.74, 6) is 0. The van der Waals surface area contributed by atoms with Crippen molar-refractivity contribution >= 4 is 0 Å². The van der Waals surface area contributed by atoms with Gasteiger partial charge in [-0.25, -0.2) is 10.4 Å². The van der Waals surface area contributed by atoms with Gasteiger partial charge in [0.25, 0.3) is 0 Å². The van der Waals surface area contributed by atoms with Gasteiger partial charge in [-0.05, 0) is 26.4 Å². The lowest BCUT2D eigenvalue weighted by atomic mass is 9.90. The van der Waals surface area contributed by atoms with Gasteiger partial charge in [0.15, 0.2) is 0 Å². The quantitative estimate of drug-likeness (QED) is 0.582. The van der Waals surface area contributed by atoms with Gasteiger partial charge >= 0.3 is 0 Å². The summed E-state index contributed by atoms with van der Waals surface area (Å²) in [4.78, 5) is 2.34. The Kier molecular flexibility index (Phi) is 3.67. The SMILES string of the molecule is CN1CCCC(CN)(NN(C)C)C1. The number of hydrogen-bond acceptors (Lipinski definition) is 4. The molecule has 1 saturated heterocycles. The molecule has 0 aromatic carbocycles. The zero-order valence-electron chi connectivity index (χ0n) is 9.01. The summed E-state index contributed by atoms with van der Waals surface area (Å²) in [6.45, 7) is 2.94. The number of hydrogen-bond donors (Lipinski definition) is 2. The topological polar surface area (TPSA) is 44.5 Å². The average molecular weight is 186 g/mol. The van der Waals surface area contributed by atoms with Gasteiger partial charge in [0.1, 0.15) is 0 Å². The second-order valence-corrected chi connectivity index (χ2v) is 4.33. The molecule has 0 bridgehead atoms. The zero-order valence-corrected chi connectivity index (χ0v) is 9.01. The summed E-state index contributed by atoms with van der Waals surface area (Å²) in [5, 5.41) is 2.01. The average Bonchev–Trinajstić information content (AvgIpc) is 2.03. The molecule has 1 fully saturated rings. The largest absolute Gasteiger partial charge is 0.329 e. The molecule has 0 spiro atoms. The molecule has 1 unspecified atom stereocenters. The first-order chi connectivity index (χ1) is 6.08. The Hall–Kier alpha value is -0.160. The van der Waals surface area contributed by atoms with Crippen LogP contribution in [0.2, 0.25) is 0 Å². The van der Waals surface area contributed by atoms with Crippen LogP contribution in [0.25, 0.3) is 0 Å². The zero-order chi connectivity index (χ0) is 9.90. The first-order valence-corrected chi connectivity index (χ1v) is 4.92. The maximum Gasteiger partial charge on any atom is 0.0574 e. The highest BCUT2D eigenvalue weighted by Gasteiger charge is 2.33. The van der Waals surface area contributed by atoms with Gasteiger partial charge in [-0.3, -0.25) is 0 Å². The van der Waals surface area contributed by atoms with E-state index in [2.05, 4.69) is 17.4 Å². The number of hydrazine groups is 1. The van der Waals surface area contributed by atoms with Gasteiger partial charge in [-0.1, -0.05) is 0 Å². The summed E-state index contributed by atoms with van der Waals surface area (Å²) < 4.78 is 0. The Labute approximate surface area is 81.0 Å². The standard InChI is InChI=1S/C9H22N4/c1-12(2)11-9(7-10)5-4-6-13(3)8-9/h11H,4-8,10H2,1-3H3. The molecule has 0 aromatic heterocycles. The van der Waals surface area contributed by atoms with Crippen molar-refractivity contribution in [1.29, 1.82) is 0 Å². The van der Waals surface area contributed by atoms with Gasteiger partial charge in [0, 0.05) is 27.2 Å². The van der Waals surface area contributed by atoms with Gasteiger partial charge in [0.2, 0.25) is 0 Å². The molecule has 0 amide bonds. The Bertz CT molecular complexity index is 156. The van der Waals surface area contributed by atoms with Crippen LogP contribution in [0.3, 0.4) is 0 Å². The van der Waals surface area contributed by atoms with Crippen LogP contribution in [0.5, 0.6) is 0 Å². The predicted molar refractivity (Wildman–Crippen MR) is 55.3 cm³/mol. The summed E-state index contributed by atoms with van der Waals surface area (Å²) in [7, 11) is 6.19. The molecule has 13 heavy (non-hydrogen) atoms. The first-order valence-electron chi connectivity index (χ1n) is 4.92. The van der Waals surface area contributed by atoms with Crippen molar-refractivity contribution in [3.05, 3.63) is 0 Å². The second-order valence-electron chi connectivity index (χ2n) is 4.33. The van der Waals surface area contributed by atoms with E-state index in [9.17, 15) is 0 Å². The summed E-state index contributed by atoms with van der Waals surface area (Å²) in [6.07, 6.45) is 2.40. The molecule has 0 aliphatic carbocycles. The van der Waals surface area contributed by atoms with Crippen molar-refractivity contribution < 1.29 is 0 Å². The summed E-state index contributed by atoms with van der Waals surface area (Å²) in [5.41, 5.74) is 9.37. The number of likely N-dealkylation sites (N-methyl/N-ethyl adjacent to an activating group) is 1. The van der Waals surface area contributed by atoms with E-state index < -0.39 is 0 Å². The summed E-state index contributed by atoms with van der Waals surface area (Å²) in [6, 6.07) is 0. The number of nitrogens with one attached hydrogen (secondary N) is 1. The molecule has 1 aliphatic heterocycles. The molecule has 1 aliphatic rings. The van der Waals surface area contributed by atoms with Crippen LogP contribution in [-0.2, 0) is 0 Å². The van der Waals surface area contributed by atoms with Gasteiger partial charge in [0.05, 0.1) is 5.54 Å². The Morgan fingerprint density at radius 3 is 2.69 bits per heavy atom. The maximum absolute atomic E-state index is 5.83. The minimum atomic E-state index is 0.0938. The molecule has 3 N–H and O–H groups in total. The highest BCUT2D eigenvalue weighted by atomic mass is 15.5. The summed E-state index contributed by atoms with van der Waals surface area (Å²) >= 11 is 0. The van der Waals surface area contributed by atoms with E-state index in [1.54, 1.807) is 0 Å². The molecule has 1 heterocycles. The van der Waals surface area contributed by atoms with E-state index in [4.69, 9.17) is 5.73 Å². The number of nitrogens with two attached hydrogens (primary N) is 1. The van der Waals surface area contributed by atoms with Crippen molar-refractivity contribution in [3.63, 3.8) is 0 Å². The van der Waals surface area contributed by atoms with Crippen molar-refractivity contribution in [1.82, 2.24) is 15.3 Å². The van der Waals surface area contributed by atoms with Crippen LogP contribution >= 0.6 is 0 Å². The molecule has 1 atom stereocenters. The third-order valence-corrected chi connectivity index (χ3v) is 2.62. The lowest BCUT2D eigenvalue weighted by molar-refractivity contribution is 0.0822. The normalized spacial score (nSPS) is 31.2. The van der Waals surface area contributed by atoms with Crippen LogP contribution in [0.4, 0.5) is 0 Å². The van der Waals surface area contributed by atoms with Crippen molar-refractivity contribution in [3.8, 4) is 0 Å². The molecule has 0 radical (unpaired) electrons. The van der Waals surface area contributed by atoms with Crippen LogP contribution in [0, 0.1) is 0 Å². The fourth-order valence-electron chi connectivity index (χ4n) is 2.14.